The molecule has 1 saturated heterocycles. The van der Waals surface area contributed by atoms with Gasteiger partial charge in [0.05, 0.1) is 25.4 Å². The Labute approximate surface area is 230 Å². The van der Waals surface area contributed by atoms with Gasteiger partial charge in [-0.25, -0.2) is 22.9 Å². The van der Waals surface area contributed by atoms with Gasteiger partial charge in [0.2, 0.25) is 11.8 Å². The number of ether oxygens (including phenoxy) is 3. The fraction of sp³-hybridized carbons (Fsp3) is 0.143. The number of hydrogen-bond donors (Lipinski definition) is 2. The van der Waals surface area contributed by atoms with Crippen LogP contribution < -0.4 is 29.7 Å². The molecule has 0 aliphatic carbocycles. The van der Waals surface area contributed by atoms with E-state index in [-0.39, 0.29) is 23.7 Å². The molecule has 3 aromatic carbocycles. The van der Waals surface area contributed by atoms with E-state index in [2.05, 4.69) is 15.6 Å². The van der Waals surface area contributed by atoms with Gasteiger partial charge < -0.3 is 24.8 Å². The molecular weight excluding hydrogens is 545 g/mol. The van der Waals surface area contributed by atoms with Crippen molar-refractivity contribution < 1.29 is 41.8 Å². The van der Waals surface area contributed by atoms with E-state index in [1.807, 2.05) is 0 Å². The summed E-state index contributed by atoms with van der Waals surface area (Å²) in [5.41, 5.74) is 0.176. The number of urea groups is 1. The van der Waals surface area contributed by atoms with Crippen molar-refractivity contribution in [2.24, 2.45) is 5.92 Å². The van der Waals surface area contributed by atoms with Crippen molar-refractivity contribution in [2.45, 2.75) is 0 Å². The maximum Gasteiger partial charge on any atom is 0.328 e. The standard InChI is InChI=1S/C28H21F3N4O6/c1-39-23-11-17-21(12-24(23)40-2)32-8-7-22(17)41-25-19(30)9-15(10-20(25)31)34-26(36)18-13-33-28(38)35(27(18)37)16-5-3-14(29)4-6-16/h3-12,18H,13H2,1-2H3,(H,33,38)(H,34,36). The highest BCUT2D eigenvalue weighted by Crippen LogP contribution is 2.38. The number of carbonyl (C=O) groups is 3. The van der Waals surface area contributed by atoms with Crippen molar-refractivity contribution in [1.29, 1.82) is 0 Å². The number of methoxy groups -OCH3 is 2. The van der Waals surface area contributed by atoms with Gasteiger partial charge in [-0.05, 0) is 36.4 Å². The maximum atomic E-state index is 15.1. The normalized spacial score (nSPS) is 15.0. The van der Waals surface area contributed by atoms with Crippen LogP contribution in [0.3, 0.4) is 0 Å². The number of nitrogens with one attached hydrogen (secondary N) is 2. The SMILES string of the molecule is COc1cc2nccc(Oc3c(F)cc(NC(=O)C4CNC(=O)N(c5ccc(F)cc5)C4=O)cc3F)c2cc1OC. The largest absolute Gasteiger partial charge is 0.493 e. The topological polar surface area (TPSA) is 119 Å². The van der Waals surface area contributed by atoms with E-state index in [0.717, 1.165) is 24.3 Å². The van der Waals surface area contributed by atoms with Crippen LogP contribution in [0.2, 0.25) is 0 Å². The Morgan fingerprint density at radius 3 is 2.27 bits per heavy atom. The van der Waals surface area contributed by atoms with Crippen molar-refractivity contribution in [3.8, 4) is 23.0 Å². The minimum Gasteiger partial charge on any atom is -0.493 e. The van der Waals surface area contributed by atoms with E-state index in [0.29, 0.717) is 27.3 Å². The van der Waals surface area contributed by atoms with Crippen LogP contribution in [0.15, 0.2) is 60.8 Å². The van der Waals surface area contributed by atoms with E-state index >= 15 is 8.78 Å². The van der Waals surface area contributed by atoms with E-state index in [1.165, 1.54) is 38.6 Å². The second-order valence-electron chi connectivity index (χ2n) is 8.78. The number of benzene rings is 3. The Hall–Kier alpha value is -5.33. The lowest BCUT2D eigenvalue weighted by Gasteiger charge is -2.30. The van der Waals surface area contributed by atoms with Gasteiger partial charge in [-0.1, -0.05) is 0 Å². The van der Waals surface area contributed by atoms with Gasteiger partial charge in [-0.2, -0.15) is 0 Å². The highest BCUT2D eigenvalue weighted by atomic mass is 19.1. The summed E-state index contributed by atoms with van der Waals surface area (Å²) in [6, 6.07) is 9.91. The second-order valence-corrected chi connectivity index (χ2v) is 8.78. The predicted molar refractivity (Wildman–Crippen MR) is 141 cm³/mol. The van der Waals surface area contributed by atoms with E-state index in [4.69, 9.17) is 14.2 Å². The molecule has 210 valence electrons. The molecule has 1 aromatic heterocycles. The van der Waals surface area contributed by atoms with E-state index in [1.54, 1.807) is 12.1 Å². The number of aromatic nitrogens is 1. The molecule has 1 aliphatic heterocycles. The molecule has 1 atom stereocenters. The van der Waals surface area contributed by atoms with Crippen LogP contribution in [-0.2, 0) is 9.59 Å². The van der Waals surface area contributed by atoms with Crippen LogP contribution >= 0.6 is 0 Å². The number of fused-ring (bicyclic) bond motifs is 1. The molecule has 0 spiro atoms. The summed E-state index contributed by atoms with van der Waals surface area (Å²) in [4.78, 5) is 43.0. The first-order chi connectivity index (χ1) is 19.7. The van der Waals surface area contributed by atoms with Crippen LogP contribution in [0.4, 0.5) is 29.3 Å². The first-order valence-electron chi connectivity index (χ1n) is 12.1. The van der Waals surface area contributed by atoms with Gasteiger partial charge in [0.15, 0.2) is 28.9 Å². The monoisotopic (exact) mass is 566 g/mol. The van der Waals surface area contributed by atoms with Crippen LogP contribution in [0, 0.1) is 23.4 Å². The Morgan fingerprint density at radius 2 is 1.61 bits per heavy atom. The highest BCUT2D eigenvalue weighted by Gasteiger charge is 2.39. The van der Waals surface area contributed by atoms with Crippen molar-refractivity contribution in [2.75, 3.05) is 31.0 Å². The summed E-state index contributed by atoms with van der Waals surface area (Å²) in [7, 11) is 2.89. The van der Waals surface area contributed by atoms with Gasteiger partial charge in [-0.3, -0.25) is 14.6 Å². The molecule has 13 heteroatoms. The van der Waals surface area contributed by atoms with E-state index in [9.17, 15) is 18.8 Å². The van der Waals surface area contributed by atoms with Crippen LogP contribution in [-0.4, -0.2) is 43.6 Å². The lowest BCUT2D eigenvalue weighted by Crippen LogP contribution is -2.58. The third-order valence-corrected chi connectivity index (χ3v) is 6.27. The molecule has 10 nitrogen and oxygen atoms in total. The quantitative estimate of drug-likeness (QED) is 0.309. The number of amides is 4. The highest BCUT2D eigenvalue weighted by molar-refractivity contribution is 6.23. The predicted octanol–water partition coefficient (Wildman–Crippen LogP) is 4.77. The molecule has 0 radical (unpaired) electrons. The van der Waals surface area contributed by atoms with Gasteiger partial charge in [-0.15, -0.1) is 0 Å². The molecule has 5 rings (SSSR count). The lowest BCUT2D eigenvalue weighted by molar-refractivity contribution is -0.130. The first-order valence-corrected chi connectivity index (χ1v) is 12.1. The molecule has 0 saturated carbocycles. The smallest absolute Gasteiger partial charge is 0.328 e. The fourth-order valence-corrected chi connectivity index (χ4v) is 4.26. The summed E-state index contributed by atoms with van der Waals surface area (Å²) in [5.74, 6) is -6.00. The number of anilines is 2. The number of imide groups is 1. The molecule has 1 aliphatic rings. The molecule has 2 heterocycles. The molecular formula is C28H21F3N4O6. The Morgan fingerprint density at radius 1 is 0.951 bits per heavy atom. The summed E-state index contributed by atoms with van der Waals surface area (Å²) in [5, 5.41) is 5.09. The molecule has 0 bridgehead atoms. The van der Waals surface area contributed by atoms with Gasteiger partial charge in [0.25, 0.3) is 0 Å². The number of hydrogen-bond acceptors (Lipinski definition) is 7. The number of nitrogens with zero attached hydrogens (tertiary/aromatic N) is 2. The van der Waals surface area contributed by atoms with Crippen LogP contribution in [0.1, 0.15) is 0 Å². The van der Waals surface area contributed by atoms with Crippen molar-refractivity contribution in [3.63, 3.8) is 0 Å². The van der Waals surface area contributed by atoms with Crippen LogP contribution in [0.5, 0.6) is 23.0 Å². The Kier molecular flexibility index (Phi) is 7.34. The minimum atomic E-state index is -1.42. The molecule has 41 heavy (non-hydrogen) atoms. The zero-order valence-electron chi connectivity index (χ0n) is 21.5. The minimum absolute atomic E-state index is 0.0460. The number of rotatable bonds is 7. The molecule has 2 N–H and O–H groups in total. The summed E-state index contributed by atoms with van der Waals surface area (Å²) < 4.78 is 59.5. The van der Waals surface area contributed by atoms with Gasteiger partial charge in [0.1, 0.15) is 17.5 Å². The first kappa shape index (κ1) is 27.2. The van der Waals surface area contributed by atoms with Crippen molar-refractivity contribution in [3.05, 3.63) is 78.2 Å². The maximum absolute atomic E-state index is 15.1. The summed E-state index contributed by atoms with van der Waals surface area (Å²) in [6.07, 6.45) is 1.39. The number of halogens is 3. The Balaban J connectivity index is 1.37. The third-order valence-electron chi connectivity index (χ3n) is 6.27. The van der Waals surface area contributed by atoms with Crippen molar-refractivity contribution in [1.82, 2.24) is 10.3 Å². The second kappa shape index (κ2) is 11.0. The van der Waals surface area contributed by atoms with Gasteiger partial charge >= 0.3 is 6.03 Å². The van der Waals surface area contributed by atoms with E-state index < -0.39 is 47.0 Å². The van der Waals surface area contributed by atoms with Crippen molar-refractivity contribution >= 4 is 40.1 Å². The average molecular weight is 566 g/mol. The number of carbonyl (C=O) groups excluding carboxylic acids is 3. The summed E-state index contributed by atoms with van der Waals surface area (Å²) in [6.45, 7) is -0.350. The fourth-order valence-electron chi connectivity index (χ4n) is 4.26. The molecule has 1 fully saturated rings. The molecule has 4 aromatic rings. The average Bonchev–Trinajstić information content (AvgIpc) is 2.95. The molecule has 1 unspecified atom stereocenters. The Bertz CT molecular complexity index is 1660. The van der Waals surface area contributed by atoms with Crippen LogP contribution in [0.25, 0.3) is 10.9 Å². The number of pyridine rings is 1. The third kappa shape index (κ3) is 5.29. The van der Waals surface area contributed by atoms with Gasteiger partial charge in [0, 0.05) is 42.0 Å². The summed E-state index contributed by atoms with van der Waals surface area (Å²) >= 11 is 0. The zero-order chi connectivity index (χ0) is 29.3. The molecule has 4 amide bonds. The zero-order valence-corrected chi connectivity index (χ0v) is 21.5. The lowest BCUT2D eigenvalue weighted by atomic mass is 10.0.